The normalized spacial score (nSPS) is 9.96. The fraction of sp³-hybridized carbons (Fsp3) is 0.211. The Balaban J connectivity index is 2.07. The highest BCUT2D eigenvalue weighted by Gasteiger charge is 2.17. The number of esters is 1. The molecule has 2 aromatic rings. The lowest BCUT2D eigenvalue weighted by atomic mass is 10.1. The van der Waals surface area contributed by atoms with Crippen LogP contribution in [0.1, 0.15) is 27.6 Å². The average molecular weight is 357 g/mol. The third-order valence-electron chi connectivity index (χ3n) is 3.46. The van der Waals surface area contributed by atoms with Crippen molar-refractivity contribution in [3.05, 3.63) is 53.6 Å². The number of hydrogen-bond acceptors (Lipinski definition) is 6. The van der Waals surface area contributed by atoms with E-state index in [2.05, 4.69) is 5.32 Å². The highest BCUT2D eigenvalue weighted by atomic mass is 16.5. The van der Waals surface area contributed by atoms with Crippen LogP contribution in [0.15, 0.2) is 42.5 Å². The Morgan fingerprint density at radius 3 is 2.42 bits per heavy atom. The van der Waals surface area contributed by atoms with Gasteiger partial charge in [0.1, 0.15) is 11.5 Å². The van der Waals surface area contributed by atoms with E-state index in [1.165, 1.54) is 39.3 Å². The molecule has 136 valence electrons. The molecule has 0 unspecified atom stereocenters. The van der Waals surface area contributed by atoms with Gasteiger partial charge in [-0.1, -0.05) is 6.07 Å². The van der Waals surface area contributed by atoms with Gasteiger partial charge in [-0.3, -0.25) is 9.59 Å². The predicted octanol–water partition coefficient (Wildman–Crippen LogP) is 2.70. The first-order valence-corrected chi connectivity index (χ1v) is 7.74. The van der Waals surface area contributed by atoms with Gasteiger partial charge >= 0.3 is 5.97 Å². The summed E-state index contributed by atoms with van der Waals surface area (Å²) in [6.45, 7) is 0.915. The lowest BCUT2D eigenvalue weighted by Crippen LogP contribution is -2.15. The van der Waals surface area contributed by atoms with Crippen LogP contribution >= 0.6 is 0 Å². The Labute approximate surface area is 150 Å². The van der Waals surface area contributed by atoms with Crippen molar-refractivity contribution in [3.8, 4) is 11.5 Å². The molecule has 0 saturated heterocycles. The van der Waals surface area contributed by atoms with Gasteiger partial charge < -0.3 is 19.5 Å². The molecule has 0 saturated carbocycles. The van der Waals surface area contributed by atoms with Crippen LogP contribution in [0.2, 0.25) is 0 Å². The molecule has 0 atom stereocenters. The molecule has 1 amide bonds. The number of anilines is 1. The standard InChI is InChI=1S/C19H19NO6/c1-12(21)20-14-6-4-5-13(9-14)19(23)26-11-17(22)16-10-15(24-2)7-8-18(16)25-3/h4-10H,11H2,1-3H3,(H,20,21). The second kappa shape index (κ2) is 8.66. The summed E-state index contributed by atoms with van der Waals surface area (Å²) in [5, 5.41) is 2.57. The molecule has 26 heavy (non-hydrogen) atoms. The summed E-state index contributed by atoms with van der Waals surface area (Å²) >= 11 is 0. The van der Waals surface area contributed by atoms with Crippen molar-refractivity contribution >= 4 is 23.3 Å². The number of amides is 1. The number of carbonyl (C=O) groups excluding carboxylic acids is 3. The van der Waals surface area contributed by atoms with Crippen molar-refractivity contribution in [2.75, 3.05) is 26.1 Å². The molecule has 7 nitrogen and oxygen atoms in total. The molecule has 0 radical (unpaired) electrons. The first-order valence-electron chi connectivity index (χ1n) is 7.74. The van der Waals surface area contributed by atoms with Gasteiger partial charge in [-0.25, -0.2) is 4.79 Å². The van der Waals surface area contributed by atoms with E-state index < -0.39 is 18.4 Å². The fourth-order valence-electron chi connectivity index (χ4n) is 2.25. The minimum atomic E-state index is -0.674. The highest BCUT2D eigenvalue weighted by Crippen LogP contribution is 2.24. The second-order valence-corrected chi connectivity index (χ2v) is 5.33. The summed E-state index contributed by atoms with van der Waals surface area (Å²) in [5.41, 5.74) is 0.945. The largest absolute Gasteiger partial charge is 0.497 e. The van der Waals surface area contributed by atoms with Crippen LogP contribution in [0, 0.1) is 0 Å². The van der Waals surface area contributed by atoms with Gasteiger partial charge in [-0.15, -0.1) is 0 Å². The van der Waals surface area contributed by atoms with Crippen LogP contribution in [0.4, 0.5) is 5.69 Å². The Kier molecular flexibility index (Phi) is 6.32. The van der Waals surface area contributed by atoms with Crippen molar-refractivity contribution in [1.82, 2.24) is 0 Å². The minimum Gasteiger partial charge on any atom is -0.497 e. The zero-order chi connectivity index (χ0) is 19.1. The molecule has 0 bridgehead atoms. The summed E-state index contributed by atoms with van der Waals surface area (Å²) in [6.07, 6.45) is 0. The van der Waals surface area contributed by atoms with Crippen LogP contribution in [-0.4, -0.2) is 38.5 Å². The van der Waals surface area contributed by atoms with Gasteiger partial charge in [0.25, 0.3) is 0 Å². The van der Waals surface area contributed by atoms with E-state index in [1.54, 1.807) is 24.3 Å². The predicted molar refractivity (Wildman–Crippen MR) is 94.9 cm³/mol. The second-order valence-electron chi connectivity index (χ2n) is 5.33. The van der Waals surface area contributed by atoms with Gasteiger partial charge in [0.2, 0.25) is 11.7 Å². The average Bonchev–Trinajstić information content (AvgIpc) is 2.64. The maximum Gasteiger partial charge on any atom is 0.338 e. The van der Waals surface area contributed by atoms with Gasteiger partial charge in [0.05, 0.1) is 25.3 Å². The molecule has 2 rings (SSSR count). The van der Waals surface area contributed by atoms with Crippen molar-refractivity contribution in [1.29, 1.82) is 0 Å². The summed E-state index contributed by atoms with van der Waals surface area (Å²) in [4.78, 5) is 35.6. The fourth-order valence-corrected chi connectivity index (χ4v) is 2.25. The Bertz CT molecular complexity index is 831. The van der Waals surface area contributed by atoms with E-state index in [-0.39, 0.29) is 17.0 Å². The molecule has 0 aliphatic rings. The molecule has 0 aromatic heterocycles. The van der Waals surface area contributed by atoms with Crippen LogP contribution < -0.4 is 14.8 Å². The van der Waals surface area contributed by atoms with Crippen molar-refractivity contribution in [3.63, 3.8) is 0 Å². The third-order valence-corrected chi connectivity index (χ3v) is 3.46. The number of methoxy groups -OCH3 is 2. The van der Waals surface area contributed by atoms with Crippen LogP contribution in [0.3, 0.4) is 0 Å². The molecule has 0 spiro atoms. The minimum absolute atomic E-state index is 0.224. The van der Waals surface area contributed by atoms with Crippen molar-refractivity contribution in [2.45, 2.75) is 6.92 Å². The molecule has 0 heterocycles. The maximum atomic E-state index is 12.4. The molecule has 0 aliphatic heterocycles. The van der Waals surface area contributed by atoms with E-state index in [4.69, 9.17) is 14.2 Å². The molecule has 2 aromatic carbocycles. The Hall–Kier alpha value is -3.35. The summed E-state index contributed by atoms with van der Waals surface area (Å²) in [7, 11) is 2.93. The molecule has 7 heteroatoms. The van der Waals surface area contributed by atoms with E-state index >= 15 is 0 Å². The quantitative estimate of drug-likeness (QED) is 0.605. The maximum absolute atomic E-state index is 12.4. The number of ketones is 1. The number of Topliss-reactive ketones (excluding diaryl/α,β-unsaturated/α-hetero) is 1. The summed E-state index contributed by atoms with van der Waals surface area (Å²) < 4.78 is 15.3. The van der Waals surface area contributed by atoms with E-state index in [1.807, 2.05) is 0 Å². The van der Waals surface area contributed by atoms with Crippen LogP contribution in [-0.2, 0) is 9.53 Å². The first-order chi connectivity index (χ1) is 12.4. The molecule has 0 aliphatic carbocycles. The summed E-state index contributed by atoms with van der Waals surface area (Å²) in [5.74, 6) is -0.502. The number of nitrogens with one attached hydrogen (secondary N) is 1. The topological polar surface area (TPSA) is 90.9 Å². The SMILES string of the molecule is COc1ccc(OC)c(C(=O)COC(=O)c2cccc(NC(C)=O)c2)c1. The molecular formula is C19H19NO6. The van der Waals surface area contributed by atoms with Gasteiger partial charge in [0.15, 0.2) is 6.61 Å². The van der Waals surface area contributed by atoms with Crippen LogP contribution in [0.25, 0.3) is 0 Å². The van der Waals surface area contributed by atoms with Gasteiger partial charge in [-0.2, -0.15) is 0 Å². The molecule has 0 fully saturated rings. The first kappa shape index (κ1) is 19.0. The third kappa shape index (κ3) is 4.83. The number of ether oxygens (including phenoxy) is 3. The molecule has 1 N–H and O–H groups in total. The number of carbonyl (C=O) groups is 3. The number of benzene rings is 2. The van der Waals surface area contributed by atoms with Crippen molar-refractivity contribution < 1.29 is 28.6 Å². The van der Waals surface area contributed by atoms with Gasteiger partial charge in [0, 0.05) is 12.6 Å². The van der Waals surface area contributed by atoms with Crippen molar-refractivity contribution in [2.24, 2.45) is 0 Å². The number of rotatable bonds is 7. The summed E-state index contributed by atoms with van der Waals surface area (Å²) in [6, 6.07) is 11.0. The smallest absolute Gasteiger partial charge is 0.338 e. The van der Waals surface area contributed by atoms with Gasteiger partial charge in [-0.05, 0) is 36.4 Å². The lowest BCUT2D eigenvalue weighted by Gasteiger charge is -2.10. The van der Waals surface area contributed by atoms with E-state index in [9.17, 15) is 14.4 Å². The Morgan fingerprint density at radius 1 is 1.00 bits per heavy atom. The highest BCUT2D eigenvalue weighted by molar-refractivity contribution is 6.02. The van der Waals surface area contributed by atoms with E-state index in [0.29, 0.717) is 17.2 Å². The monoisotopic (exact) mass is 357 g/mol. The zero-order valence-electron chi connectivity index (χ0n) is 14.7. The number of hydrogen-bond donors (Lipinski definition) is 1. The van der Waals surface area contributed by atoms with Crippen LogP contribution in [0.5, 0.6) is 11.5 Å². The zero-order valence-corrected chi connectivity index (χ0v) is 14.7. The van der Waals surface area contributed by atoms with E-state index in [0.717, 1.165) is 0 Å². The Morgan fingerprint density at radius 2 is 1.77 bits per heavy atom. The lowest BCUT2D eigenvalue weighted by molar-refractivity contribution is -0.114. The molecular weight excluding hydrogens is 338 g/mol.